The number of rotatable bonds is 13. The molecule has 2 aliphatic rings. The van der Waals surface area contributed by atoms with Crippen LogP contribution in [0.5, 0.6) is 40.2 Å². The second-order valence-corrected chi connectivity index (χ2v) is 14.5. The average molecular weight is 875 g/mol. The van der Waals surface area contributed by atoms with Gasteiger partial charge in [-0.3, -0.25) is 4.79 Å². The van der Waals surface area contributed by atoms with Crippen LogP contribution in [0.3, 0.4) is 0 Å². The lowest BCUT2D eigenvalue weighted by molar-refractivity contribution is -0.130. The van der Waals surface area contributed by atoms with Crippen molar-refractivity contribution < 1.29 is 64.6 Å². The third-order valence-corrected chi connectivity index (χ3v) is 10.7. The monoisotopic (exact) mass is 874 g/mol. The Bertz CT molecular complexity index is 2740. The van der Waals surface area contributed by atoms with Crippen LogP contribution in [0, 0.1) is 29.1 Å². The molecule has 0 saturated carbocycles. The van der Waals surface area contributed by atoms with E-state index < -0.39 is 46.4 Å². The highest BCUT2D eigenvalue weighted by Gasteiger charge is 2.42. The molecule has 2 fully saturated rings. The minimum atomic E-state index is -2.28. The SMILES string of the molecule is COc1ccc(C2(c3ccc(Oc4ccc(C(=O)c5ccc(Oc6ccc(C7(c8ccc(Oc9c(F)c(F)c(F)c(F)c9F)cc8)OCCO7)cc6)cc5)cc4)cc3)OCCO2)cc1. The summed E-state index contributed by atoms with van der Waals surface area (Å²) >= 11 is 0. The van der Waals surface area contributed by atoms with Crippen molar-refractivity contribution in [2.45, 2.75) is 11.6 Å². The second kappa shape index (κ2) is 17.6. The first kappa shape index (κ1) is 42.2. The maximum absolute atomic E-state index is 14.2. The van der Waals surface area contributed by atoms with E-state index in [1.807, 2.05) is 48.5 Å². The molecule has 14 heteroatoms. The Hall–Kier alpha value is -7.10. The van der Waals surface area contributed by atoms with Crippen molar-refractivity contribution in [2.75, 3.05) is 33.5 Å². The van der Waals surface area contributed by atoms with Gasteiger partial charge in [-0.05, 0) is 146 Å². The molecular weight excluding hydrogens is 840 g/mol. The molecule has 0 radical (unpaired) electrons. The standard InChI is InChI=1S/C50H35F5O9/c1-57-36-18-6-32(7-19-36)49(58-26-27-59-49)33-8-20-39(21-9-33)62-37-14-2-30(3-15-37)47(56)31-4-16-38(17-5-31)63-40-22-10-34(11-23-40)50(60-28-29-61-50)35-12-24-41(25-13-35)64-48-45(54)43(52)42(51)44(53)46(48)55/h2-25H,26-29H2,1H3. The number of methoxy groups -OCH3 is 1. The normalized spacial score (nSPS) is 15.2. The van der Waals surface area contributed by atoms with Crippen LogP contribution in [0.1, 0.15) is 38.2 Å². The van der Waals surface area contributed by atoms with Gasteiger partial charge in [-0.25, -0.2) is 13.2 Å². The predicted molar refractivity (Wildman–Crippen MR) is 220 cm³/mol. The Labute approximate surface area is 363 Å². The van der Waals surface area contributed by atoms with Crippen LogP contribution in [0.15, 0.2) is 146 Å². The predicted octanol–water partition coefficient (Wildman–Crippen LogP) is 11.5. The number of ketones is 1. The van der Waals surface area contributed by atoms with E-state index in [2.05, 4.69) is 0 Å². The molecule has 324 valence electrons. The van der Waals surface area contributed by atoms with Crippen LogP contribution < -0.4 is 18.9 Å². The summed E-state index contributed by atoms with van der Waals surface area (Å²) in [6.07, 6.45) is 0. The van der Waals surface area contributed by atoms with Crippen molar-refractivity contribution in [3.63, 3.8) is 0 Å². The van der Waals surface area contributed by atoms with E-state index in [4.69, 9.17) is 37.9 Å². The van der Waals surface area contributed by atoms with Crippen LogP contribution in [-0.4, -0.2) is 39.3 Å². The Morgan fingerprint density at radius 1 is 0.391 bits per heavy atom. The highest BCUT2D eigenvalue weighted by Crippen LogP contribution is 2.42. The molecule has 0 bridgehead atoms. The number of halogens is 5. The third kappa shape index (κ3) is 8.03. The molecule has 9 rings (SSSR count). The summed E-state index contributed by atoms with van der Waals surface area (Å²) < 4.78 is 116. The average Bonchev–Trinajstić information content (AvgIpc) is 4.06. The van der Waals surface area contributed by atoms with Gasteiger partial charge in [0.05, 0.1) is 33.5 Å². The summed E-state index contributed by atoms with van der Waals surface area (Å²) in [6.45, 7) is 1.41. The fourth-order valence-corrected chi connectivity index (χ4v) is 7.44. The number of benzene rings is 7. The summed E-state index contributed by atoms with van der Waals surface area (Å²) in [6, 6.07) is 41.0. The topological polar surface area (TPSA) is 90.9 Å². The van der Waals surface area contributed by atoms with Gasteiger partial charge >= 0.3 is 0 Å². The van der Waals surface area contributed by atoms with Crippen molar-refractivity contribution in [3.05, 3.63) is 208 Å². The van der Waals surface area contributed by atoms with Crippen molar-refractivity contribution in [1.29, 1.82) is 0 Å². The molecule has 0 N–H and O–H groups in total. The highest BCUT2D eigenvalue weighted by atomic mass is 19.2. The highest BCUT2D eigenvalue weighted by molar-refractivity contribution is 6.09. The van der Waals surface area contributed by atoms with E-state index in [0.717, 1.165) is 16.9 Å². The van der Waals surface area contributed by atoms with Crippen LogP contribution >= 0.6 is 0 Å². The van der Waals surface area contributed by atoms with Crippen LogP contribution in [-0.2, 0) is 30.5 Å². The zero-order valence-corrected chi connectivity index (χ0v) is 33.7. The second-order valence-electron chi connectivity index (χ2n) is 14.5. The van der Waals surface area contributed by atoms with Gasteiger partial charge in [-0.1, -0.05) is 0 Å². The molecule has 0 aliphatic carbocycles. The van der Waals surface area contributed by atoms with E-state index in [-0.39, 0.29) is 24.7 Å². The minimum absolute atomic E-state index is 0.189. The quantitative estimate of drug-likeness (QED) is 0.0486. The molecule has 2 aliphatic heterocycles. The zero-order valence-electron chi connectivity index (χ0n) is 33.7. The lowest BCUT2D eigenvalue weighted by Gasteiger charge is -2.28. The molecule has 0 atom stereocenters. The summed E-state index contributed by atoms with van der Waals surface area (Å²) in [5.74, 6) is -12.1. The fraction of sp³-hybridized carbons (Fsp3) is 0.140. The molecule has 0 spiro atoms. The molecule has 2 heterocycles. The number of carbonyl (C=O) groups is 1. The van der Waals surface area contributed by atoms with E-state index in [1.165, 1.54) is 24.3 Å². The van der Waals surface area contributed by atoms with E-state index in [0.29, 0.717) is 58.5 Å². The van der Waals surface area contributed by atoms with E-state index in [9.17, 15) is 26.7 Å². The van der Waals surface area contributed by atoms with Crippen LogP contribution in [0.4, 0.5) is 22.0 Å². The molecular formula is C50H35F5O9. The molecule has 64 heavy (non-hydrogen) atoms. The fourth-order valence-electron chi connectivity index (χ4n) is 7.44. The van der Waals surface area contributed by atoms with Gasteiger partial charge in [0.2, 0.25) is 46.4 Å². The Kier molecular flexibility index (Phi) is 11.6. The molecule has 2 saturated heterocycles. The van der Waals surface area contributed by atoms with Gasteiger partial charge in [0.1, 0.15) is 34.5 Å². The van der Waals surface area contributed by atoms with Gasteiger partial charge in [-0.2, -0.15) is 8.78 Å². The largest absolute Gasteiger partial charge is 0.497 e. The summed E-state index contributed by atoms with van der Waals surface area (Å²) in [4.78, 5) is 13.4. The smallest absolute Gasteiger partial charge is 0.222 e. The van der Waals surface area contributed by atoms with Crippen molar-refractivity contribution in [1.82, 2.24) is 0 Å². The van der Waals surface area contributed by atoms with Gasteiger partial charge in [0, 0.05) is 33.4 Å². The van der Waals surface area contributed by atoms with Crippen LogP contribution in [0.25, 0.3) is 0 Å². The molecule has 7 aromatic carbocycles. The lowest BCUT2D eigenvalue weighted by Crippen LogP contribution is -2.28. The molecule has 0 amide bonds. The first-order chi connectivity index (χ1) is 31.1. The summed E-state index contributed by atoms with van der Waals surface area (Å²) in [5, 5.41) is 0. The van der Waals surface area contributed by atoms with Crippen LogP contribution in [0.2, 0.25) is 0 Å². The van der Waals surface area contributed by atoms with Gasteiger partial charge in [0.15, 0.2) is 5.78 Å². The number of hydrogen-bond acceptors (Lipinski definition) is 9. The van der Waals surface area contributed by atoms with Gasteiger partial charge in [0.25, 0.3) is 0 Å². The Balaban J connectivity index is 0.818. The lowest BCUT2D eigenvalue weighted by atomic mass is 9.97. The first-order valence-electron chi connectivity index (χ1n) is 19.9. The number of ether oxygens (including phenoxy) is 8. The Morgan fingerprint density at radius 2 is 0.656 bits per heavy atom. The minimum Gasteiger partial charge on any atom is -0.497 e. The third-order valence-electron chi connectivity index (χ3n) is 10.7. The Morgan fingerprint density at radius 3 is 0.969 bits per heavy atom. The van der Waals surface area contributed by atoms with Gasteiger partial charge < -0.3 is 37.9 Å². The van der Waals surface area contributed by atoms with Crippen molar-refractivity contribution >= 4 is 5.78 Å². The maximum Gasteiger partial charge on any atom is 0.222 e. The molecule has 7 aromatic rings. The molecule has 0 aromatic heterocycles. The summed E-state index contributed by atoms with van der Waals surface area (Å²) in [5.41, 5.74) is 3.65. The van der Waals surface area contributed by atoms with Crippen molar-refractivity contribution in [3.8, 4) is 40.2 Å². The van der Waals surface area contributed by atoms with Crippen molar-refractivity contribution in [2.24, 2.45) is 0 Å². The molecule has 0 unspecified atom stereocenters. The number of hydrogen-bond donors (Lipinski definition) is 0. The maximum atomic E-state index is 14.2. The van der Waals surface area contributed by atoms with E-state index >= 15 is 0 Å². The van der Waals surface area contributed by atoms with E-state index in [1.54, 1.807) is 79.9 Å². The first-order valence-corrected chi connectivity index (χ1v) is 19.9. The summed E-state index contributed by atoms with van der Waals surface area (Å²) in [7, 11) is 1.61. The zero-order chi connectivity index (χ0) is 44.4. The number of carbonyl (C=O) groups excluding carboxylic acids is 1. The van der Waals surface area contributed by atoms with Gasteiger partial charge in [-0.15, -0.1) is 0 Å². The molecule has 9 nitrogen and oxygen atoms in total.